The summed E-state index contributed by atoms with van der Waals surface area (Å²) in [5.41, 5.74) is 4.29. The van der Waals surface area contributed by atoms with Crippen LogP contribution in [0.15, 0.2) is 42.5 Å². The number of benzene rings is 2. The van der Waals surface area contributed by atoms with Gasteiger partial charge in [0, 0.05) is 24.3 Å². The molecule has 5 nitrogen and oxygen atoms in total. The number of aryl methyl sites for hydroxylation is 2. The molecule has 2 amide bonds. The average molecular weight is 333 g/mol. The highest BCUT2D eigenvalue weighted by atomic mass is 16.2. The van der Waals surface area contributed by atoms with Crippen molar-refractivity contribution >= 4 is 23.2 Å². The Morgan fingerprint density at radius 3 is 2.52 bits per heavy atom. The zero-order valence-electron chi connectivity index (χ0n) is 14.2. The maximum atomic E-state index is 12.5. The lowest BCUT2D eigenvalue weighted by Crippen LogP contribution is -2.28. The third kappa shape index (κ3) is 3.53. The van der Waals surface area contributed by atoms with Crippen molar-refractivity contribution in [3.63, 3.8) is 0 Å². The highest BCUT2D eigenvalue weighted by molar-refractivity contribution is 6.03. The zero-order chi connectivity index (χ0) is 18.0. The van der Waals surface area contributed by atoms with Gasteiger partial charge in [0.15, 0.2) is 0 Å². The number of nitrogens with one attached hydrogen (secondary N) is 1. The first-order chi connectivity index (χ1) is 12.0. The molecule has 0 aliphatic carbocycles. The van der Waals surface area contributed by atoms with Crippen molar-refractivity contribution in [1.82, 2.24) is 0 Å². The number of carbonyl (C=O) groups excluding carboxylic acids is 2. The van der Waals surface area contributed by atoms with Crippen LogP contribution >= 0.6 is 0 Å². The first-order valence-electron chi connectivity index (χ1n) is 8.16. The second-order valence-corrected chi connectivity index (χ2v) is 6.35. The quantitative estimate of drug-likeness (QED) is 0.937. The first kappa shape index (κ1) is 16.7. The fraction of sp³-hybridized carbons (Fsp3) is 0.250. The molecule has 2 aromatic carbocycles. The Balaban J connectivity index is 1.69. The maximum absolute atomic E-state index is 12.5. The molecule has 5 heteroatoms. The van der Waals surface area contributed by atoms with E-state index in [9.17, 15) is 9.59 Å². The minimum Gasteiger partial charge on any atom is -0.326 e. The number of anilines is 2. The predicted molar refractivity (Wildman–Crippen MR) is 96.2 cm³/mol. The fourth-order valence-electron chi connectivity index (χ4n) is 2.90. The molecule has 0 radical (unpaired) electrons. The van der Waals surface area contributed by atoms with E-state index in [0.29, 0.717) is 17.8 Å². The maximum Gasteiger partial charge on any atom is 0.229 e. The molecule has 126 valence electrons. The van der Waals surface area contributed by atoms with Gasteiger partial charge >= 0.3 is 0 Å². The molecule has 1 atom stereocenters. The van der Waals surface area contributed by atoms with Gasteiger partial charge in [0.1, 0.15) is 0 Å². The molecular weight excluding hydrogens is 314 g/mol. The smallest absolute Gasteiger partial charge is 0.229 e. The van der Waals surface area contributed by atoms with Gasteiger partial charge < -0.3 is 10.2 Å². The van der Waals surface area contributed by atoms with E-state index in [0.717, 1.165) is 11.3 Å². The molecule has 1 aliphatic heterocycles. The van der Waals surface area contributed by atoms with Crippen LogP contribution in [0.3, 0.4) is 0 Å². The van der Waals surface area contributed by atoms with Gasteiger partial charge in [-0.1, -0.05) is 6.07 Å². The molecule has 0 aromatic heterocycles. The molecule has 1 fully saturated rings. The molecule has 0 unspecified atom stereocenters. The first-order valence-corrected chi connectivity index (χ1v) is 8.16. The Labute approximate surface area is 146 Å². The van der Waals surface area contributed by atoms with Crippen LogP contribution in [0, 0.1) is 31.1 Å². The van der Waals surface area contributed by atoms with Crippen LogP contribution in [0.4, 0.5) is 11.4 Å². The lowest BCUT2D eigenvalue weighted by molar-refractivity contribution is -0.122. The standard InChI is InChI=1S/C20H19N3O2/c1-13-3-8-18(9-14(13)2)23-12-16(10-19(23)24)20(25)22-17-6-4-15(11-21)5-7-17/h3-9,16H,10,12H2,1-2H3,(H,22,25)/t16-/m1/s1. The zero-order valence-corrected chi connectivity index (χ0v) is 14.2. The van der Waals surface area contributed by atoms with Crippen LogP contribution in [0.5, 0.6) is 0 Å². The van der Waals surface area contributed by atoms with E-state index in [4.69, 9.17) is 5.26 Å². The number of carbonyl (C=O) groups is 2. The van der Waals surface area contributed by atoms with E-state index in [1.807, 2.05) is 38.1 Å². The molecule has 25 heavy (non-hydrogen) atoms. The molecule has 1 aliphatic rings. The van der Waals surface area contributed by atoms with Crippen LogP contribution in [0.1, 0.15) is 23.1 Å². The Hall–Kier alpha value is -3.13. The van der Waals surface area contributed by atoms with E-state index in [-0.39, 0.29) is 24.2 Å². The Kier molecular flexibility index (Phi) is 4.53. The van der Waals surface area contributed by atoms with Gasteiger partial charge in [-0.05, 0) is 61.4 Å². The van der Waals surface area contributed by atoms with Gasteiger partial charge in [0.2, 0.25) is 11.8 Å². The van der Waals surface area contributed by atoms with Crippen LogP contribution < -0.4 is 10.2 Å². The summed E-state index contributed by atoms with van der Waals surface area (Å²) >= 11 is 0. The summed E-state index contributed by atoms with van der Waals surface area (Å²) in [6, 6.07) is 14.6. The van der Waals surface area contributed by atoms with Gasteiger partial charge in [-0.3, -0.25) is 9.59 Å². The van der Waals surface area contributed by atoms with Gasteiger partial charge in [-0.25, -0.2) is 0 Å². The Morgan fingerprint density at radius 2 is 1.88 bits per heavy atom. The van der Waals surface area contributed by atoms with Gasteiger partial charge in [0.25, 0.3) is 0 Å². The molecular formula is C20H19N3O2. The van der Waals surface area contributed by atoms with Gasteiger partial charge in [-0.2, -0.15) is 5.26 Å². The third-order valence-corrected chi connectivity index (χ3v) is 4.58. The normalized spacial score (nSPS) is 16.6. The van der Waals surface area contributed by atoms with Crippen LogP contribution in [-0.2, 0) is 9.59 Å². The molecule has 0 spiro atoms. The van der Waals surface area contributed by atoms with Crippen molar-refractivity contribution in [1.29, 1.82) is 5.26 Å². The topological polar surface area (TPSA) is 73.2 Å². The predicted octanol–water partition coefficient (Wildman–Crippen LogP) is 3.17. The molecule has 1 saturated heterocycles. The number of nitrogens with zero attached hydrogens (tertiary/aromatic N) is 2. The highest BCUT2D eigenvalue weighted by Crippen LogP contribution is 2.27. The summed E-state index contributed by atoms with van der Waals surface area (Å²) in [6.07, 6.45) is 0.203. The SMILES string of the molecule is Cc1ccc(N2C[C@H](C(=O)Nc3ccc(C#N)cc3)CC2=O)cc1C. The molecule has 0 saturated carbocycles. The molecule has 1 N–H and O–H groups in total. The Bertz CT molecular complexity index is 866. The molecule has 1 heterocycles. The van der Waals surface area contributed by atoms with Crippen LogP contribution in [0.25, 0.3) is 0 Å². The number of hydrogen-bond acceptors (Lipinski definition) is 3. The number of nitriles is 1. The number of amides is 2. The summed E-state index contributed by atoms with van der Waals surface area (Å²) in [5.74, 6) is -0.600. The lowest BCUT2D eigenvalue weighted by atomic mass is 10.1. The summed E-state index contributed by atoms with van der Waals surface area (Å²) in [7, 11) is 0. The van der Waals surface area contributed by atoms with Crippen molar-refractivity contribution in [2.24, 2.45) is 5.92 Å². The van der Waals surface area contributed by atoms with E-state index < -0.39 is 0 Å². The van der Waals surface area contributed by atoms with E-state index in [1.54, 1.807) is 29.2 Å². The van der Waals surface area contributed by atoms with Crippen LogP contribution in [0.2, 0.25) is 0 Å². The summed E-state index contributed by atoms with van der Waals surface area (Å²) in [4.78, 5) is 26.5. The minimum absolute atomic E-state index is 0.0387. The van der Waals surface area contributed by atoms with Gasteiger partial charge in [0.05, 0.1) is 17.6 Å². The second kappa shape index (κ2) is 6.78. The summed E-state index contributed by atoms with van der Waals surface area (Å²) in [6.45, 7) is 4.41. The lowest BCUT2D eigenvalue weighted by Gasteiger charge is -2.18. The van der Waals surface area contributed by atoms with Crippen molar-refractivity contribution in [2.75, 3.05) is 16.8 Å². The van der Waals surface area contributed by atoms with Gasteiger partial charge in [-0.15, -0.1) is 0 Å². The summed E-state index contributed by atoms with van der Waals surface area (Å²) in [5, 5.41) is 11.6. The summed E-state index contributed by atoms with van der Waals surface area (Å²) < 4.78 is 0. The van der Waals surface area contributed by atoms with E-state index in [1.165, 1.54) is 5.56 Å². The van der Waals surface area contributed by atoms with E-state index >= 15 is 0 Å². The third-order valence-electron chi connectivity index (χ3n) is 4.58. The fourth-order valence-corrected chi connectivity index (χ4v) is 2.90. The van der Waals surface area contributed by atoms with Crippen molar-refractivity contribution < 1.29 is 9.59 Å². The molecule has 3 rings (SSSR count). The molecule has 0 bridgehead atoms. The second-order valence-electron chi connectivity index (χ2n) is 6.35. The van der Waals surface area contributed by atoms with Crippen LogP contribution in [-0.4, -0.2) is 18.4 Å². The van der Waals surface area contributed by atoms with Crippen molar-refractivity contribution in [3.05, 3.63) is 59.2 Å². The number of rotatable bonds is 3. The largest absolute Gasteiger partial charge is 0.326 e. The Morgan fingerprint density at radius 1 is 1.16 bits per heavy atom. The monoisotopic (exact) mass is 333 g/mol. The average Bonchev–Trinajstić information content (AvgIpc) is 3.00. The van der Waals surface area contributed by atoms with Crippen molar-refractivity contribution in [3.8, 4) is 6.07 Å². The minimum atomic E-state index is -0.384. The molecule has 2 aromatic rings. The van der Waals surface area contributed by atoms with Crippen molar-refractivity contribution in [2.45, 2.75) is 20.3 Å². The van der Waals surface area contributed by atoms with E-state index in [2.05, 4.69) is 5.32 Å². The number of hydrogen-bond donors (Lipinski definition) is 1. The highest BCUT2D eigenvalue weighted by Gasteiger charge is 2.35.